The smallest absolute Gasteiger partial charge is 0.0731 e. The van der Waals surface area contributed by atoms with Gasteiger partial charge in [0.15, 0.2) is 0 Å². The second-order valence-corrected chi connectivity index (χ2v) is 3.54. The maximum absolute atomic E-state index is 5.98. The Hall–Kier alpha value is -0.830. The van der Waals surface area contributed by atoms with Crippen LogP contribution < -0.4 is 5.32 Å². The van der Waals surface area contributed by atoms with Crippen LogP contribution in [0.25, 0.3) is 0 Å². The maximum atomic E-state index is 5.98. The summed E-state index contributed by atoms with van der Waals surface area (Å²) < 4.78 is 5.47. The van der Waals surface area contributed by atoms with Gasteiger partial charge in [0, 0.05) is 18.1 Å². The van der Waals surface area contributed by atoms with Crippen molar-refractivity contribution in [2.75, 3.05) is 19.7 Å². The summed E-state index contributed by atoms with van der Waals surface area (Å²) in [5, 5.41) is 3.92. The third-order valence-electron chi connectivity index (χ3n) is 1.93. The lowest BCUT2D eigenvalue weighted by Crippen LogP contribution is -2.19. The van der Waals surface area contributed by atoms with Crippen LogP contribution in [0, 0.1) is 0 Å². The molecule has 0 spiro atoms. The van der Waals surface area contributed by atoms with E-state index >= 15 is 0 Å². The SMILES string of the molecule is C=CCNCCOCc1ccccc1Cl. The highest BCUT2D eigenvalue weighted by Crippen LogP contribution is 2.15. The molecule has 0 fully saturated rings. The van der Waals surface area contributed by atoms with E-state index in [-0.39, 0.29) is 0 Å². The zero-order valence-corrected chi connectivity index (χ0v) is 9.46. The minimum atomic E-state index is 0.565. The maximum Gasteiger partial charge on any atom is 0.0731 e. The van der Waals surface area contributed by atoms with E-state index < -0.39 is 0 Å². The number of hydrogen-bond acceptors (Lipinski definition) is 2. The van der Waals surface area contributed by atoms with Crippen LogP contribution in [0.1, 0.15) is 5.56 Å². The predicted octanol–water partition coefficient (Wildman–Crippen LogP) is 2.63. The van der Waals surface area contributed by atoms with Crippen LogP contribution in [0.3, 0.4) is 0 Å². The summed E-state index contributed by atoms with van der Waals surface area (Å²) in [6.45, 7) is 6.51. The fourth-order valence-corrected chi connectivity index (χ4v) is 1.34. The fraction of sp³-hybridized carbons (Fsp3) is 0.333. The molecule has 0 bridgehead atoms. The molecule has 82 valence electrons. The Morgan fingerprint density at radius 3 is 2.93 bits per heavy atom. The van der Waals surface area contributed by atoms with Gasteiger partial charge in [-0.05, 0) is 11.6 Å². The Morgan fingerprint density at radius 1 is 1.40 bits per heavy atom. The molecule has 0 atom stereocenters. The van der Waals surface area contributed by atoms with Crippen LogP contribution in [0.4, 0.5) is 0 Å². The molecule has 0 amide bonds. The molecule has 1 aromatic carbocycles. The van der Waals surface area contributed by atoms with Gasteiger partial charge in [-0.3, -0.25) is 0 Å². The first-order valence-electron chi connectivity index (χ1n) is 4.97. The molecule has 2 nitrogen and oxygen atoms in total. The van der Waals surface area contributed by atoms with E-state index in [1.54, 1.807) is 0 Å². The van der Waals surface area contributed by atoms with Gasteiger partial charge in [-0.25, -0.2) is 0 Å². The molecule has 3 heteroatoms. The van der Waals surface area contributed by atoms with Gasteiger partial charge in [0.1, 0.15) is 0 Å². The van der Waals surface area contributed by atoms with Gasteiger partial charge >= 0.3 is 0 Å². The van der Waals surface area contributed by atoms with Crippen LogP contribution in [0.2, 0.25) is 5.02 Å². The number of ether oxygens (including phenoxy) is 1. The van der Waals surface area contributed by atoms with Crippen LogP contribution in [-0.2, 0) is 11.3 Å². The van der Waals surface area contributed by atoms with Gasteiger partial charge in [0.25, 0.3) is 0 Å². The van der Waals surface area contributed by atoms with Crippen LogP contribution in [0.5, 0.6) is 0 Å². The lowest BCUT2D eigenvalue weighted by molar-refractivity contribution is 0.123. The largest absolute Gasteiger partial charge is 0.375 e. The highest BCUT2D eigenvalue weighted by atomic mass is 35.5. The molecular formula is C12H16ClNO. The van der Waals surface area contributed by atoms with E-state index in [0.717, 1.165) is 23.7 Å². The third-order valence-corrected chi connectivity index (χ3v) is 2.30. The van der Waals surface area contributed by atoms with E-state index in [1.807, 2.05) is 30.3 Å². The van der Waals surface area contributed by atoms with Crippen LogP contribution in [-0.4, -0.2) is 19.7 Å². The topological polar surface area (TPSA) is 21.3 Å². The highest BCUT2D eigenvalue weighted by molar-refractivity contribution is 6.31. The van der Waals surface area contributed by atoms with Gasteiger partial charge in [-0.15, -0.1) is 6.58 Å². The van der Waals surface area contributed by atoms with Crippen molar-refractivity contribution in [3.8, 4) is 0 Å². The Bertz CT molecular complexity index is 301. The number of halogens is 1. The summed E-state index contributed by atoms with van der Waals surface area (Å²) in [6, 6.07) is 7.72. The normalized spacial score (nSPS) is 10.2. The van der Waals surface area contributed by atoms with Crippen molar-refractivity contribution < 1.29 is 4.74 Å². The highest BCUT2D eigenvalue weighted by Gasteiger charge is 1.97. The van der Waals surface area contributed by atoms with E-state index in [0.29, 0.717) is 13.2 Å². The summed E-state index contributed by atoms with van der Waals surface area (Å²) >= 11 is 5.98. The lowest BCUT2D eigenvalue weighted by atomic mass is 10.2. The molecule has 0 aromatic heterocycles. The minimum Gasteiger partial charge on any atom is -0.375 e. The molecule has 0 heterocycles. The average molecular weight is 226 g/mol. The summed E-state index contributed by atoms with van der Waals surface area (Å²) in [4.78, 5) is 0. The quantitative estimate of drug-likeness (QED) is 0.569. The first-order chi connectivity index (χ1) is 7.34. The van der Waals surface area contributed by atoms with E-state index in [2.05, 4.69) is 11.9 Å². The van der Waals surface area contributed by atoms with Crippen molar-refractivity contribution in [3.63, 3.8) is 0 Å². The van der Waals surface area contributed by atoms with Crippen molar-refractivity contribution in [2.24, 2.45) is 0 Å². The van der Waals surface area contributed by atoms with Gasteiger partial charge in [0.05, 0.1) is 13.2 Å². The molecule has 1 rings (SSSR count). The predicted molar refractivity (Wildman–Crippen MR) is 64.2 cm³/mol. The van der Waals surface area contributed by atoms with Crippen molar-refractivity contribution >= 4 is 11.6 Å². The monoisotopic (exact) mass is 225 g/mol. The summed E-state index contributed by atoms with van der Waals surface area (Å²) in [5.41, 5.74) is 1.03. The van der Waals surface area contributed by atoms with Crippen LogP contribution >= 0.6 is 11.6 Å². The molecule has 0 aliphatic rings. The molecule has 0 radical (unpaired) electrons. The summed E-state index contributed by atoms with van der Waals surface area (Å²) in [5.74, 6) is 0. The molecular weight excluding hydrogens is 210 g/mol. The Labute approximate surface area is 95.9 Å². The zero-order chi connectivity index (χ0) is 10.9. The number of nitrogens with one attached hydrogen (secondary N) is 1. The summed E-state index contributed by atoms with van der Waals surface area (Å²) in [7, 11) is 0. The second kappa shape index (κ2) is 7.46. The van der Waals surface area contributed by atoms with Crippen molar-refractivity contribution in [1.82, 2.24) is 5.32 Å². The molecule has 15 heavy (non-hydrogen) atoms. The van der Waals surface area contributed by atoms with Gasteiger partial charge in [-0.2, -0.15) is 0 Å². The van der Waals surface area contributed by atoms with Gasteiger partial charge in [0.2, 0.25) is 0 Å². The number of rotatable bonds is 7. The molecule has 0 saturated heterocycles. The lowest BCUT2D eigenvalue weighted by Gasteiger charge is -2.06. The average Bonchev–Trinajstić information content (AvgIpc) is 2.25. The fourth-order valence-electron chi connectivity index (χ4n) is 1.15. The number of hydrogen-bond donors (Lipinski definition) is 1. The molecule has 0 saturated carbocycles. The standard InChI is InChI=1S/C12H16ClNO/c1-2-7-14-8-9-15-10-11-5-3-4-6-12(11)13/h2-6,14H,1,7-10H2. The van der Waals surface area contributed by atoms with Crippen LogP contribution in [0.15, 0.2) is 36.9 Å². The minimum absolute atomic E-state index is 0.565. The van der Waals surface area contributed by atoms with Crippen molar-refractivity contribution in [1.29, 1.82) is 0 Å². The molecule has 0 aliphatic carbocycles. The van der Waals surface area contributed by atoms with Gasteiger partial charge in [-0.1, -0.05) is 35.9 Å². The van der Waals surface area contributed by atoms with E-state index in [9.17, 15) is 0 Å². The first-order valence-corrected chi connectivity index (χ1v) is 5.35. The molecule has 0 unspecified atom stereocenters. The summed E-state index contributed by atoms with van der Waals surface area (Å²) in [6.07, 6.45) is 1.83. The molecule has 1 N–H and O–H groups in total. The van der Waals surface area contributed by atoms with E-state index in [4.69, 9.17) is 16.3 Å². The first kappa shape index (κ1) is 12.2. The zero-order valence-electron chi connectivity index (χ0n) is 8.71. The van der Waals surface area contributed by atoms with Gasteiger partial charge < -0.3 is 10.1 Å². The van der Waals surface area contributed by atoms with Crippen molar-refractivity contribution in [2.45, 2.75) is 6.61 Å². The third kappa shape index (κ3) is 4.98. The Kier molecular flexibility index (Phi) is 6.09. The molecule has 0 aliphatic heterocycles. The van der Waals surface area contributed by atoms with Crippen molar-refractivity contribution in [3.05, 3.63) is 47.5 Å². The molecule has 1 aromatic rings. The second-order valence-electron chi connectivity index (χ2n) is 3.14. The Balaban J connectivity index is 2.15. The van der Waals surface area contributed by atoms with E-state index in [1.165, 1.54) is 0 Å². The number of benzene rings is 1. The Morgan fingerprint density at radius 2 is 2.20 bits per heavy atom.